The van der Waals surface area contributed by atoms with E-state index in [2.05, 4.69) is 20.8 Å². The number of carbonyl (C=O) groups is 2. The van der Waals surface area contributed by atoms with E-state index >= 15 is 0 Å². The Kier molecular flexibility index (Phi) is 8.06. The van der Waals surface area contributed by atoms with Gasteiger partial charge in [-0.25, -0.2) is 0 Å². The first-order valence-corrected chi connectivity index (χ1v) is 14.3. The molecule has 3 saturated carbocycles. The van der Waals surface area contributed by atoms with Crippen molar-refractivity contribution in [3.8, 4) is 0 Å². The quantitative estimate of drug-likeness (QED) is 0.247. The number of hydrogen-bond acceptors (Lipinski definition) is 3. The Morgan fingerprint density at radius 2 is 1.64 bits per heavy atom. The van der Waals surface area contributed by atoms with Crippen LogP contribution in [-0.4, -0.2) is 17.9 Å². The number of rotatable bonds is 10. The Morgan fingerprint density at radius 1 is 0.909 bits per heavy atom. The van der Waals surface area contributed by atoms with Crippen LogP contribution in [0.15, 0.2) is 11.6 Å². The van der Waals surface area contributed by atoms with E-state index in [0.717, 1.165) is 38.5 Å². The van der Waals surface area contributed by atoms with E-state index in [1.807, 2.05) is 6.08 Å². The Hall–Kier alpha value is -1.12. The SMILES string of the molecule is CCCCCCCCCCC(=O)O[C@H]1CC[C@@H]2[C@]1(C)CC[C@@H]1[C@H]3CCC(=O)C=C3CC[C@@]21C. The second-order valence-electron chi connectivity index (χ2n) is 12.3. The molecule has 0 aromatic heterocycles. The molecule has 3 fully saturated rings. The van der Waals surface area contributed by atoms with E-state index in [9.17, 15) is 9.59 Å². The van der Waals surface area contributed by atoms with E-state index in [4.69, 9.17) is 4.74 Å². The first kappa shape index (κ1) is 25.0. The van der Waals surface area contributed by atoms with Crippen LogP contribution in [0.4, 0.5) is 0 Å². The molecule has 0 heterocycles. The Bertz CT molecular complexity index is 739. The molecular formula is C30H48O3. The standard InChI is InChI=1S/C30H48O3/c1-4-5-6-7-8-9-10-11-12-28(32)33-27-16-15-26-29(2)19-17-22-21-23(31)13-14-24(22)25(29)18-20-30(26,27)3/h21,24-27H,4-20H2,1-3H3/t24-,25+,26-,27-,29+,30-/m0/s1. The second-order valence-corrected chi connectivity index (χ2v) is 12.3. The van der Waals surface area contributed by atoms with E-state index in [1.165, 1.54) is 69.8 Å². The lowest BCUT2D eigenvalue weighted by molar-refractivity contribution is -0.164. The zero-order valence-corrected chi connectivity index (χ0v) is 21.6. The largest absolute Gasteiger partial charge is 0.462 e. The molecule has 4 rings (SSSR count). The molecule has 186 valence electrons. The smallest absolute Gasteiger partial charge is 0.306 e. The second kappa shape index (κ2) is 10.6. The maximum atomic E-state index is 12.7. The maximum absolute atomic E-state index is 12.7. The van der Waals surface area contributed by atoms with Crippen LogP contribution in [0.3, 0.4) is 0 Å². The predicted molar refractivity (Wildman–Crippen MR) is 134 cm³/mol. The number of unbranched alkanes of at least 4 members (excludes halogenated alkanes) is 7. The van der Waals surface area contributed by atoms with Crippen molar-refractivity contribution in [1.29, 1.82) is 0 Å². The van der Waals surface area contributed by atoms with Gasteiger partial charge in [-0.15, -0.1) is 0 Å². The molecule has 0 radical (unpaired) electrons. The third-order valence-electron chi connectivity index (χ3n) is 10.4. The predicted octanol–water partition coefficient (Wildman–Crippen LogP) is 7.96. The van der Waals surface area contributed by atoms with Crippen molar-refractivity contribution in [2.45, 2.75) is 136 Å². The van der Waals surface area contributed by atoms with E-state index in [0.29, 0.717) is 35.4 Å². The highest BCUT2D eigenvalue weighted by atomic mass is 16.5. The fourth-order valence-corrected chi connectivity index (χ4v) is 8.51. The normalized spacial score (nSPS) is 37.7. The minimum Gasteiger partial charge on any atom is -0.462 e. The van der Waals surface area contributed by atoms with Crippen molar-refractivity contribution in [2.24, 2.45) is 28.6 Å². The van der Waals surface area contributed by atoms with Crippen LogP contribution >= 0.6 is 0 Å². The van der Waals surface area contributed by atoms with Crippen LogP contribution in [0.5, 0.6) is 0 Å². The number of ketones is 1. The summed E-state index contributed by atoms with van der Waals surface area (Å²) in [5, 5.41) is 0. The molecule has 0 aliphatic heterocycles. The van der Waals surface area contributed by atoms with Crippen LogP contribution in [0, 0.1) is 28.6 Å². The molecule has 4 aliphatic carbocycles. The Balaban J connectivity index is 1.28. The zero-order valence-electron chi connectivity index (χ0n) is 21.6. The average Bonchev–Trinajstić information content (AvgIpc) is 3.12. The van der Waals surface area contributed by atoms with Crippen molar-refractivity contribution in [3.63, 3.8) is 0 Å². The molecule has 0 aromatic carbocycles. The number of hydrogen-bond donors (Lipinski definition) is 0. The molecule has 0 aromatic rings. The van der Waals surface area contributed by atoms with Crippen molar-refractivity contribution >= 4 is 11.8 Å². The number of fused-ring (bicyclic) bond motifs is 5. The van der Waals surface area contributed by atoms with Gasteiger partial charge in [0.15, 0.2) is 5.78 Å². The van der Waals surface area contributed by atoms with Gasteiger partial charge in [0.1, 0.15) is 6.10 Å². The van der Waals surface area contributed by atoms with E-state index in [1.54, 1.807) is 0 Å². The summed E-state index contributed by atoms with van der Waals surface area (Å²) >= 11 is 0. The summed E-state index contributed by atoms with van der Waals surface area (Å²) in [7, 11) is 0. The van der Waals surface area contributed by atoms with E-state index in [-0.39, 0.29) is 17.5 Å². The fraction of sp³-hybridized carbons (Fsp3) is 0.867. The van der Waals surface area contributed by atoms with Gasteiger partial charge in [-0.05, 0) is 80.6 Å². The van der Waals surface area contributed by atoms with Crippen LogP contribution in [-0.2, 0) is 14.3 Å². The highest BCUT2D eigenvalue weighted by Gasteiger charge is 2.62. The van der Waals surface area contributed by atoms with Gasteiger partial charge in [-0.3, -0.25) is 9.59 Å². The monoisotopic (exact) mass is 456 g/mol. The fourth-order valence-electron chi connectivity index (χ4n) is 8.51. The summed E-state index contributed by atoms with van der Waals surface area (Å²) in [5.41, 5.74) is 1.91. The van der Waals surface area contributed by atoms with Crippen molar-refractivity contribution < 1.29 is 14.3 Å². The van der Waals surface area contributed by atoms with Crippen LogP contribution in [0.25, 0.3) is 0 Å². The van der Waals surface area contributed by atoms with Crippen LogP contribution < -0.4 is 0 Å². The van der Waals surface area contributed by atoms with Crippen molar-refractivity contribution in [2.75, 3.05) is 0 Å². The first-order chi connectivity index (χ1) is 15.9. The van der Waals surface area contributed by atoms with Crippen LogP contribution in [0.1, 0.15) is 130 Å². The summed E-state index contributed by atoms with van der Waals surface area (Å²) in [6, 6.07) is 0. The van der Waals surface area contributed by atoms with Gasteiger partial charge >= 0.3 is 5.97 Å². The highest BCUT2D eigenvalue weighted by Crippen LogP contribution is 2.67. The van der Waals surface area contributed by atoms with E-state index < -0.39 is 0 Å². The van der Waals surface area contributed by atoms with Crippen molar-refractivity contribution in [3.05, 3.63) is 11.6 Å². The number of ether oxygens (including phenoxy) is 1. The third kappa shape index (κ3) is 5.13. The van der Waals surface area contributed by atoms with Gasteiger partial charge in [-0.2, -0.15) is 0 Å². The molecule has 0 amide bonds. The molecule has 3 nitrogen and oxygen atoms in total. The minimum atomic E-state index is 0.0415. The molecule has 0 spiro atoms. The lowest BCUT2D eigenvalue weighted by Crippen LogP contribution is -2.54. The third-order valence-corrected chi connectivity index (χ3v) is 10.4. The summed E-state index contributed by atoms with van der Waals surface area (Å²) < 4.78 is 6.19. The zero-order chi connectivity index (χ0) is 23.5. The molecule has 0 unspecified atom stereocenters. The lowest BCUT2D eigenvalue weighted by atomic mass is 9.45. The van der Waals surface area contributed by atoms with Gasteiger partial charge < -0.3 is 4.74 Å². The highest BCUT2D eigenvalue weighted by molar-refractivity contribution is 5.91. The number of esters is 1. The molecule has 6 atom stereocenters. The van der Waals surface area contributed by atoms with Gasteiger partial charge in [-0.1, -0.05) is 71.3 Å². The Morgan fingerprint density at radius 3 is 2.39 bits per heavy atom. The average molecular weight is 457 g/mol. The summed E-state index contributed by atoms with van der Waals surface area (Å²) in [6.07, 6.45) is 21.5. The molecule has 3 heteroatoms. The Labute approximate surface area is 202 Å². The lowest BCUT2D eigenvalue weighted by Gasteiger charge is -2.59. The van der Waals surface area contributed by atoms with Gasteiger partial charge in [0.2, 0.25) is 0 Å². The summed E-state index contributed by atoms with van der Waals surface area (Å²) in [6.45, 7) is 7.22. The molecule has 0 bridgehead atoms. The maximum Gasteiger partial charge on any atom is 0.306 e. The minimum absolute atomic E-state index is 0.0415. The molecule has 0 N–H and O–H groups in total. The summed E-state index contributed by atoms with van der Waals surface area (Å²) in [5.74, 6) is 2.35. The number of carbonyl (C=O) groups excluding carboxylic acids is 2. The van der Waals surface area contributed by atoms with Crippen molar-refractivity contribution in [1.82, 2.24) is 0 Å². The van der Waals surface area contributed by atoms with Gasteiger partial charge in [0, 0.05) is 18.3 Å². The van der Waals surface area contributed by atoms with Crippen LogP contribution in [0.2, 0.25) is 0 Å². The molecule has 4 aliphatic rings. The molecular weight excluding hydrogens is 408 g/mol. The first-order valence-electron chi connectivity index (χ1n) is 14.3. The molecule has 0 saturated heterocycles. The topological polar surface area (TPSA) is 43.4 Å². The van der Waals surface area contributed by atoms with Gasteiger partial charge in [0.05, 0.1) is 0 Å². The summed E-state index contributed by atoms with van der Waals surface area (Å²) in [4.78, 5) is 24.7. The number of allylic oxidation sites excluding steroid dienone is 1. The van der Waals surface area contributed by atoms with Gasteiger partial charge in [0.25, 0.3) is 0 Å². The molecule has 33 heavy (non-hydrogen) atoms.